The van der Waals surface area contributed by atoms with Gasteiger partial charge >= 0.3 is 6.18 Å². The maximum absolute atomic E-state index is 12.2. The number of benzene rings is 1. The molecule has 0 heterocycles. The van der Waals surface area contributed by atoms with Gasteiger partial charge in [0.25, 0.3) is 0 Å². The Labute approximate surface area is 133 Å². The first kappa shape index (κ1) is 17.8. The summed E-state index contributed by atoms with van der Waals surface area (Å²) in [6.45, 7) is 0.636. The van der Waals surface area contributed by atoms with E-state index in [1.54, 1.807) is 0 Å². The number of rotatable bonds is 6. The summed E-state index contributed by atoms with van der Waals surface area (Å²) in [5.74, 6) is -1.53. The van der Waals surface area contributed by atoms with Gasteiger partial charge in [-0.3, -0.25) is 4.79 Å². The highest BCUT2D eigenvalue weighted by atomic mass is 32.2. The number of amides is 1. The summed E-state index contributed by atoms with van der Waals surface area (Å²) < 4.78 is 59.9. The lowest BCUT2D eigenvalue weighted by molar-refractivity contribution is -0.120. The Hall–Kier alpha value is -1.57. The number of halogens is 3. The van der Waals surface area contributed by atoms with Crippen molar-refractivity contribution >= 4 is 15.7 Å². The first-order chi connectivity index (χ1) is 10.7. The van der Waals surface area contributed by atoms with Crippen LogP contribution >= 0.6 is 0 Å². The highest BCUT2D eigenvalue weighted by Crippen LogP contribution is 2.25. The Balaban J connectivity index is 1.92. The second-order valence-corrected chi connectivity index (χ2v) is 7.79. The van der Waals surface area contributed by atoms with Crippen LogP contribution in [0.15, 0.2) is 29.2 Å². The smallest absolute Gasteiger partial charge is 0.356 e. The van der Waals surface area contributed by atoms with E-state index in [2.05, 4.69) is 5.32 Å². The number of sulfone groups is 1. The van der Waals surface area contributed by atoms with Gasteiger partial charge in [-0.25, -0.2) is 8.42 Å². The van der Waals surface area contributed by atoms with Crippen molar-refractivity contribution in [2.45, 2.75) is 36.8 Å². The molecule has 0 radical (unpaired) electrons. The van der Waals surface area contributed by atoms with E-state index in [1.807, 2.05) is 0 Å². The van der Waals surface area contributed by atoms with Crippen molar-refractivity contribution in [1.29, 1.82) is 0 Å². The van der Waals surface area contributed by atoms with E-state index in [0.717, 1.165) is 25.0 Å². The van der Waals surface area contributed by atoms with E-state index in [-0.39, 0.29) is 12.3 Å². The van der Waals surface area contributed by atoms with Gasteiger partial charge in [-0.1, -0.05) is 18.6 Å². The molecule has 4 nitrogen and oxygen atoms in total. The maximum atomic E-state index is 12.2. The molecule has 0 aromatic heterocycles. The Morgan fingerprint density at radius 2 is 1.78 bits per heavy atom. The van der Waals surface area contributed by atoms with Crippen LogP contribution in [0.2, 0.25) is 0 Å². The summed E-state index contributed by atoms with van der Waals surface area (Å²) in [5.41, 5.74) is 0.557. The molecule has 8 heteroatoms. The summed E-state index contributed by atoms with van der Waals surface area (Å²) in [4.78, 5) is 11.4. The molecule has 1 aromatic carbocycles. The average molecular weight is 349 g/mol. The molecule has 0 bridgehead atoms. The minimum atomic E-state index is -4.78. The van der Waals surface area contributed by atoms with Crippen molar-refractivity contribution in [3.05, 3.63) is 29.8 Å². The van der Waals surface area contributed by atoms with Crippen LogP contribution in [-0.4, -0.2) is 32.8 Å². The Kier molecular flexibility index (Phi) is 5.33. The molecular weight excluding hydrogens is 331 g/mol. The molecule has 0 saturated heterocycles. The molecule has 0 spiro atoms. The quantitative estimate of drug-likeness (QED) is 0.858. The van der Waals surface area contributed by atoms with Gasteiger partial charge in [0.1, 0.15) is 0 Å². The van der Waals surface area contributed by atoms with Crippen LogP contribution in [0.5, 0.6) is 0 Å². The summed E-state index contributed by atoms with van der Waals surface area (Å²) in [7, 11) is -4.41. The molecule has 0 aliphatic heterocycles. The summed E-state index contributed by atoms with van der Waals surface area (Å²) in [5, 5.41) is 2.80. The first-order valence-corrected chi connectivity index (χ1v) is 8.96. The van der Waals surface area contributed by atoms with Crippen molar-refractivity contribution < 1.29 is 26.4 Å². The number of hydrogen-bond donors (Lipinski definition) is 1. The predicted octanol–water partition coefficient (Wildman–Crippen LogP) is 2.48. The van der Waals surface area contributed by atoms with Crippen molar-refractivity contribution in [3.63, 3.8) is 0 Å². The SMILES string of the molecule is O=C(Cc1ccc(S(=O)(=O)CC(F)(F)F)cc1)NCC1CCC1. The fourth-order valence-electron chi connectivity index (χ4n) is 2.32. The third kappa shape index (κ3) is 5.53. The molecule has 0 atom stereocenters. The molecule has 0 unspecified atom stereocenters. The van der Waals surface area contributed by atoms with Gasteiger partial charge < -0.3 is 5.32 Å². The second kappa shape index (κ2) is 6.90. The minimum Gasteiger partial charge on any atom is -0.356 e. The second-order valence-electron chi connectivity index (χ2n) is 5.80. The number of hydrogen-bond acceptors (Lipinski definition) is 3. The summed E-state index contributed by atoms with van der Waals surface area (Å²) in [6, 6.07) is 4.95. The van der Waals surface area contributed by atoms with Gasteiger partial charge in [0.15, 0.2) is 15.6 Å². The van der Waals surface area contributed by atoms with Crippen LogP contribution in [0, 0.1) is 5.92 Å². The molecule has 1 amide bonds. The van der Waals surface area contributed by atoms with E-state index >= 15 is 0 Å². The largest absolute Gasteiger partial charge is 0.403 e. The fraction of sp³-hybridized carbons (Fsp3) is 0.533. The molecule has 1 aromatic rings. The van der Waals surface area contributed by atoms with Crippen molar-refractivity contribution in [1.82, 2.24) is 5.32 Å². The zero-order valence-corrected chi connectivity index (χ0v) is 13.2. The predicted molar refractivity (Wildman–Crippen MR) is 78.6 cm³/mol. The standard InChI is InChI=1S/C15H18F3NO3S/c16-15(17,18)10-23(21,22)13-6-4-11(5-7-13)8-14(20)19-9-12-2-1-3-12/h4-7,12H,1-3,8-10H2,(H,19,20). The third-order valence-corrected chi connectivity index (χ3v) is 5.51. The lowest BCUT2D eigenvalue weighted by Crippen LogP contribution is -2.33. The molecule has 1 fully saturated rings. The summed E-state index contributed by atoms with van der Waals surface area (Å²) in [6.07, 6.45) is -1.28. The van der Waals surface area contributed by atoms with E-state index < -0.39 is 26.7 Å². The molecule has 23 heavy (non-hydrogen) atoms. The monoisotopic (exact) mass is 349 g/mol. The normalized spacial score (nSPS) is 16.0. The van der Waals surface area contributed by atoms with Gasteiger partial charge in [-0.2, -0.15) is 13.2 Å². The minimum absolute atomic E-state index is 0.0757. The topological polar surface area (TPSA) is 63.2 Å². The molecule has 1 saturated carbocycles. The van der Waals surface area contributed by atoms with Crippen LogP contribution in [0.3, 0.4) is 0 Å². The van der Waals surface area contributed by atoms with Crippen LogP contribution in [-0.2, 0) is 21.1 Å². The maximum Gasteiger partial charge on any atom is 0.403 e. The molecule has 128 valence electrons. The molecule has 1 aliphatic carbocycles. The van der Waals surface area contributed by atoms with E-state index in [1.165, 1.54) is 18.6 Å². The Morgan fingerprint density at radius 1 is 1.17 bits per heavy atom. The number of alkyl halides is 3. The number of carbonyl (C=O) groups excluding carboxylic acids is 1. The lowest BCUT2D eigenvalue weighted by Gasteiger charge is -2.25. The van der Waals surface area contributed by atoms with E-state index in [9.17, 15) is 26.4 Å². The van der Waals surface area contributed by atoms with Crippen LogP contribution in [0.25, 0.3) is 0 Å². The zero-order valence-electron chi connectivity index (χ0n) is 12.4. The van der Waals surface area contributed by atoms with E-state index in [4.69, 9.17) is 0 Å². The lowest BCUT2D eigenvalue weighted by atomic mass is 9.85. The highest BCUT2D eigenvalue weighted by molar-refractivity contribution is 7.91. The van der Waals surface area contributed by atoms with Gasteiger partial charge in [0.2, 0.25) is 5.91 Å². The van der Waals surface area contributed by atoms with Gasteiger partial charge in [0, 0.05) is 6.54 Å². The van der Waals surface area contributed by atoms with Crippen LogP contribution in [0.4, 0.5) is 13.2 Å². The molecule has 1 aliphatic rings. The van der Waals surface area contributed by atoms with E-state index in [0.29, 0.717) is 18.0 Å². The van der Waals surface area contributed by atoms with Gasteiger partial charge in [-0.15, -0.1) is 0 Å². The number of carbonyl (C=O) groups is 1. The Morgan fingerprint density at radius 3 is 2.26 bits per heavy atom. The first-order valence-electron chi connectivity index (χ1n) is 7.31. The molecule has 2 rings (SSSR count). The molecule has 1 N–H and O–H groups in total. The van der Waals surface area contributed by atoms with Gasteiger partial charge in [-0.05, 0) is 36.5 Å². The Bertz CT molecular complexity index is 650. The average Bonchev–Trinajstić information content (AvgIpc) is 2.34. The van der Waals surface area contributed by atoms with Crippen molar-refractivity contribution in [3.8, 4) is 0 Å². The van der Waals surface area contributed by atoms with Gasteiger partial charge in [0.05, 0.1) is 11.3 Å². The third-order valence-electron chi connectivity index (χ3n) is 3.81. The zero-order chi connectivity index (χ0) is 17.1. The fourth-order valence-corrected chi connectivity index (χ4v) is 3.46. The molecular formula is C15H18F3NO3S. The highest BCUT2D eigenvalue weighted by Gasteiger charge is 2.35. The van der Waals surface area contributed by atoms with Crippen molar-refractivity contribution in [2.24, 2.45) is 5.92 Å². The van der Waals surface area contributed by atoms with Crippen molar-refractivity contribution in [2.75, 3.05) is 12.3 Å². The summed E-state index contributed by atoms with van der Waals surface area (Å²) >= 11 is 0. The van der Waals surface area contributed by atoms with Crippen LogP contribution < -0.4 is 5.32 Å². The van der Waals surface area contributed by atoms with Crippen LogP contribution in [0.1, 0.15) is 24.8 Å². The number of nitrogens with one attached hydrogen (secondary N) is 1.